The van der Waals surface area contributed by atoms with Crippen LogP contribution in [0.1, 0.15) is 23.1 Å². The molecule has 0 unspecified atom stereocenters. The number of hydrogen-bond donors (Lipinski definition) is 0. The number of hydrogen-bond acceptors (Lipinski definition) is 5. The molecule has 0 N–H and O–H groups in total. The fourth-order valence-electron chi connectivity index (χ4n) is 2.66. The number of ether oxygens (including phenoxy) is 2. The third kappa shape index (κ3) is 2.30. The molecule has 1 aliphatic heterocycles. The Morgan fingerprint density at radius 2 is 2.08 bits per heavy atom. The van der Waals surface area contributed by atoms with E-state index in [2.05, 4.69) is 10.1 Å². The molecule has 24 heavy (non-hydrogen) atoms. The highest BCUT2D eigenvalue weighted by Gasteiger charge is 2.18. The van der Waals surface area contributed by atoms with Crippen molar-refractivity contribution in [2.75, 3.05) is 6.79 Å². The fraction of sp³-hybridized carbons (Fsp3) is 0.312. The van der Waals surface area contributed by atoms with Crippen molar-refractivity contribution in [1.29, 1.82) is 0 Å². The van der Waals surface area contributed by atoms with E-state index in [9.17, 15) is 4.79 Å². The molecule has 0 saturated heterocycles. The molecule has 1 aromatic carbocycles. The molecule has 0 aliphatic carbocycles. The van der Waals surface area contributed by atoms with Crippen LogP contribution < -0.4 is 14.3 Å². The smallest absolute Gasteiger partial charge is 0.300 e. The Labute approximate surface area is 141 Å². The molecular formula is C16H16N4O3S. The summed E-state index contributed by atoms with van der Waals surface area (Å²) in [5.41, 5.74) is 2.25. The van der Waals surface area contributed by atoms with E-state index in [1.54, 1.807) is 17.8 Å². The second-order valence-electron chi connectivity index (χ2n) is 5.51. The number of nitrogens with zero attached hydrogens (tertiary/aromatic N) is 4. The molecule has 8 heteroatoms. The Morgan fingerprint density at radius 3 is 2.75 bits per heavy atom. The first-order valence-corrected chi connectivity index (χ1v) is 8.41. The monoisotopic (exact) mass is 344 g/mol. The van der Waals surface area contributed by atoms with Gasteiger partial charge in [0.25, 0.3) is 5.91 Å². The standard InChI is InChI=1S/C16H16N4O3S/c1-4-20-11-6-12-13(23-8-22-12)7-14(11)24-16(20)17-15(21)10-5-9(2)19(3)18-10/h5-7H,4,8H2,1-3H3. The van der Waals surface area contributed by atoms with Crippen molar-refractivity contribution in [3.05, 3.63) is 34.4 Å². The van der Waals surface area contributed by atoms with Crippen LogP contribution in [0.2, 0.25) is 0 Å². The van der Waals surface area contributed by atoms with Gasteiger partial charge in [-0.05, 0) is 19.9 Å². The summed E-state index contributed by atoms with van der Waals surface area (Å²) in [5, 5.41) is 4.20. The van der Waals surface area contributed by atoms with Crippen molar-refractivity contribution in [3.8, 4) is 11.5 Å². The zero-order valence-corrected chi connectivity index (χ0v) is 14.4. The van der Waals surface area contributed by atoms with Crippen LogP contribution in [-0.2, 0) is 13.6 Å². The van der Waals surface area contributed by atoms with Gasteiger partial charge < -0.3 is 14.0 Å². The van der Waals surface area contributed by atoms with Gasteiger partial charge in [0.05, 0.1) is 10.2 Å². The highest BCUT2D eigenvalue weighted by Crippen LogP contribution is 2.36. The van der Waals surface area contributed by atoms with Gasteiger partial charge in [-0.1, -0.05) is 11.3 Å². The summed E-state index contributed by atoms with van der Waals surface area (Å²) in [7, 11) is 1.80. The second-order valence-corrected chi connectivity index (χ2v) is 6.52. The molecule has 0 radical (unpaired) electrons. The van der Waals surface area contributed by atoms with Crippen molar-refractivity contribution >= 4 is 27.5 Å². The predicted octanol–water partition coefficient (Wildman–Crippen LogP) is 2.23. The number of amides is 1. The molecule has 3 heterocycles. The summed E-state index contributed by atoms with van der Waals surface area (Å²) in [6.07, 6.45) is 0. The zero-order valence-electron chi connectivity index (χ0n) is 13.6. The molecule has 0 atom stereocenters. The van der Waals surface area contributed by atoms with E-state index in [4.69, 9.17) is 9.47 Å². The first-order valence-electron chi connectivity index (χ1n) is 7.59. The summed E-state index contributed by atoms with van der Waals surface area (Å²) in [5.74, 6) is 1.11. The third-order valence-corrected chi connectivity index (χ3v) is 5.06. The van der Waals surface area contributed by atoms with Gasteiger partial charge in [-0.15, -0.1) is 0 Å². The van der Waals surface area contributed by atoms with Crippen LogP contribution in [0.25, 0.3) is 10.2 Å². The van der Waals surface area contributed by atoms with Crippen LogP contribution in [0, 0.1) is 6.92 Å². The molecule has 2 aromatic heterocycles. The average Bonchev–Trinajstić information content (AvgIpc) is 3.22. The van der Waals surface area contributed by atoms with E-state index in [0.717, 1.165) is 27.4 Å². The van der Waals surface area contributed by atoms with E-state index >= 15 is 0 Å². The van der Waals surface area contributed by atoms with E-state index < -0.39 is 0 Å². The van der Waals surface area contributed by atoms with Crippen molar-refractivity contribution in [2.45, 2.75) is 20.4 Å². The fourth-order valence-corrected chi connectivity index (χ4v) is 3.76. The van der Waals surface area contributed by atoms with Crippen molar-refractivity contribution in [1.82, 2.24) is 14.3 Å². The van der Waals surface area contributed by atoms with Gasteiger partial charge in [-0.3, -0.25) is 9.48 Å². The second kappa shape index (κ2) is 5.48. The molecule has 0 bridgehead atoms. The first kappa shape index (κ1) is 14.9. The van der Waals surface area contributed by atoms with Gasteiger partial charge >= 0.3 is 0 Å². The van der Waals surface area contributed by atoms with Crippen molar-refractivity contribution in [3.63, 3.8) is 0 Å². The van der Waals surface area contributed by atoms with Gasteiger partial charge in [-0.2, -0.15) is 10.1 Å². The number of rotatable bonds is 2. The Morgan fingerprint density at radius 1 is 1.33 bits per heavy atom. The molecule has 124 valence electrons. The molecule has 0 spiro atoms. The summed E-state index contributed by atoms with van der Waals surface area (Å²) in [6, 6.07) is 5.61. The number of benzene rings is 1. The number of carbonyl (C=O) groups excluding carboxylic acids is 1. The van der Waals surface area contributed by atoms with Gasteiger partial charge in [0.2, 0.25) is 6.79 Å². The lowest BCUT2D eigenvalue weighted by atomic mass is 10.3. The zero-order chi connectivity index (χ0) is 16.8. The summed E-state index contributed by atoms with van der Waals surface area (Å²) >= 11 is 1.45. The van der Waals surface area contributed by atoms with Crippen molar-refractivity contribution < 1.29 is 14.3 Å². The lowest BCUT2D eigenvalue weighted by molar-refractivity contribution is 0.0992. The lowest BCUT2D eigenvalue weighted by Crippen LogP contribution is -2.16. The normalized spacial score (nSPS) is 13.9. The molecule has 0 fully saturated rings. The molecule has 3 aromatic rings. The minimum Gasteiger partial charge on any atom is -0.454 e. The summed E-state index contributed by atoms with van der Waals surface area (Å²) in [4.78, 5) is 17.4. The van der Waals surface area contributed by atoms with Crippen LogP contribution in [0.15, 0.2) is 23.2 Å². The van der Waals surface area contributed by atoms with E-state index in [0.29, 0.717) is 17.0 Å². The van der Waals surface area contributed by atoms with Gasteiger partial charge in [0.1, 0.15) is 0 Å². The van der Waals surface area contributed by atoms with Crippen molar-refractivity contribution in [2.24, 2.45) is 12.0 Å². The number of aromatic nitrogens is 3. The number of fused-ring (bicyclic) bond motifs is 2. The third-order valence-electron chi connectivity index (χ3n) is 4.02. The summed E-state index contributed by atoms with van der Waals surface area (Å²) in [6.45, 7) is 4.86. The minimum absolute atomic E-state index is 0.244. The Hall–Kier alpha value is -2.61. The van der Waals surface area contributed by atoms with E-state index in [-0.39, 0.29) is 12.7 Å². The number of carbonyl (C=O) groups is 1. The topological polar surface area (TPSA) is 70.6 Å². The van der Waals surface area contributed by atoms with Crippen LogP contribution in [0.5, 0.6) is 11.5 Å². The molecule has 4 rings (SSSR count). The van der Waals surface area contributed by atoms with Gasteiger partial charge in [0.15, 0.2) is 22.0 Å². The number of aryl methyl sites for hydroxylation is 3. The Bertz CT molecular complexity index is 1010. The molecule has 0 saturated carbocycles. The van der Waals surface area contributed by atoms with Gasteiger partial charge in [0, 0.05) is 31.4 Å². The maximum absolute atomic E-state index is 12.4. The maximum atomic E-state index is 12.4. The average molecular weight is 344 g/mol. The SMILES string of the molecule is CCn1c(=NC(=O)c2cc(C)n(C)n2)sc2cc3c(cc21)OCO3. The molecule has 1 aliphatic rings. The van der Waals surface area contributed by atoms with Gasteiger partial charge in [-0.25, -0.2) is 0 Å². The van der Waals surface area contributed by atoms with Crippen LogP contribution in [-0.4, -0.2) is 27.0 Å². The van der Waals surface area contributed by atoms with E-state index in [1.807, 2.05) is 30.5 Å². The predicted molar refractivity (Wildman–Crippen MR) is 89.5 cm³/mol. The minimum atomic E-state index is -0.340. The number of thiazole rings is 1. The highest BCUT2D eigenvalue weighted by molar-refractivity contribution is 7.16. The highest BCUT2D eigenvalue weighted by atomic mass is 32.1. The molecular weight excluding hydrogens is 328 g/mol. The van der Waals surface area contributed by atoms with Crippen LogP contribution in [0.4, 0.5) is 0 Å². The van der Waals surface area contributed by atoms with Crippen LogP contribution in [0.3, 0.4) is 0 Å². The lowest BCUT2D eigenvalue weighted by Gasteiger charge is -2.01. The summed E-state index contributed by atoms with van der Waals surface area (Å²) < 4.78 is 15.5. The Balaban J connectivity index is 1.85. The first-order chi connectivity index (χ1) is 11.6. The largest absolute Gasteiger partial charge is 0.454 e. The Kier molecular flexibility index (Phi) is 3.42. The molecule has 7 nitrogen and oxygen atoms in total. The quantitative estimate of drug-likeness (QED) is 0.715. The molecule has 1 amide bonds. The van der Waals surface area contributed by atoms with E-state index in [1.165, 1.54) is 11.3 Å². The van der Waals surface area contributed by atoms with Crippen LogP contribution >= 0.6 is 11.3 Å². The maximum Gasteiger partial charge on any atom is 0.300 e.